The standard InChI is InChI=1S/C7H15NO/c1-4-7(6(3)9)8-5-2/h6,9H,4-5H2,1-3H3. The zero-order valence-electron chi connectivity index (χ0n) is 6.39. The number of hydrogen-bond acceptors (Lipinski definition) is 2. The summed E-state index contributed by atoms with van der Waals surface area (Å²) in [6, 6.07) is 0. The highest BCUT2D eigenvalue weighted by atomic mass is 16.3. The fourth-order valence-corrected chi connectivity index (χ4v) is 0.742. The Kier molecular flexibility index (Phi) is 4.32. The molecular weight excluding hydrogens is 114 g/mol. The van der Waals surface area contributed by atoms with Crippen molar-refractivity contribution in [2.75, 3.05) is 6.54 Å². The molecule has 0 saturated carbocycles. The van der Waals surface area contributed by atoms with Gasteiger partial charge in [-0.25, -0.2) is 0 Å². The topological polar surface area (TPSA) is 32.6 Å². The summed E-state index contributed by atoms with van der Waals surface area (Å²) in [4.78, 5) is 4.11. The average molecular weight is 129 g/mol. The van der Waals surface area contributed by atoms with Crippen LogP contribution in [0.15, 0.2) is 4.99 Å². The monoisotopic (exact) mass is 129 g/mol. The molecule has 1 atom stereocenters. The molecule has 0 aliphatic carbocycles. The van der Waals surface area contributed by atoms with Crippen molar-refractivity contribution in [3.63, 3.8) is 0 Å². The average Bonchev–Trinajstić information content (AvgIpc) is 1.82. The molecule has 1 N–H and O–H groups in total. The van der Waals surface area contributed by atoms with Crippen molar-refractivity contribution in [2.24, 2.45) is 4.99 Å². The number of nitrogens with zero attached hydrogens (tertiary/aromatic N) is 1. The molecule has 0 heterocycles. The number of aliphatic imine (C=N–C) groups is 1. The Balaban J connectivity index is 3.81. The smallest absolute Gasteiger partial charge is 0.0888 e. The molecule has 1 unspecified atom stereocenters. The van der Waals surface area contributed by atoms with Crippen LogP contribution in [0.3, 0.4) is 0 Å². The second-order valence-corrected chi connectivity index (χ2v) is 2.00. The minimum atomic E-state index is -0.366. The molecule has 0 aromatic heterocycles. The maximum atomic E-state index is 9.01. The third-order valence-electron chi connectivity index (χ3n) is 1.21. The first-order valence-electron chi connectivity index (χ1n) is 3.43. The van der Waals surface area contributed by atoms with Crippen LogP contribution in [-0.2, 0) is 0 Å². The quantitative estimate of drug-likeness (QED) is 0.571. The second kappa shape index (κ2) is 4.50. The van der Waals surface area contributed by atoms with Crippen molar-refractivity contribution in [1.82, 2.24) is 0 Å². The van der Waals surface area contributed by atoms with Gasteiger partial charge in [0.15, 0.2) is 0 Å². The maximum absolute atomic E-state index is 9.01. The van der Waals surface area contributed by atoms with Crippen molar-refractivity contribution < 1.29 is 5.11 Å². The van der Waals surface area contributed by atoms with Crippen LogP contribution < -0.4 is 0 Å². The molecule has 0 aromatic carbocycles. The van der Waals surface area contributed by atoms with Crippen LogP contribution in [0.25, 0.3) is 0 Å². The van der Waals surface area contributed by atoms with Crippen LogP contribution in [0.1, 0.15) is 27.2 Å². The predicted molar refractivity (Wildman–Crippen MR) is 39.9 cm³/mol. The first-order valence-corrected chi connectivity index (χ1v) is 3.43. The van der Waals surface area contributed by atoms with Crippen LogP contribution >= 0.6 is 0 Å². The van der Waals surface area contributed by atoms with E-state index in [-0.39, 0.29) is 6.10 Å². The zero-order chi connectivity index (χ0) is 7.28. The van der Waals surface area contributed by atoms with E-state index in [2.05, 4.69) is 4.99 Å². The third-order valence-corrected chi connectivity index (χ3v) is 1.21. The van der Waals surface area contributed by atoms with Crippen molar-refractivity contribution in [1.29, 1.82) is 0 Å². The second-order valence-electron chi connectivity index (χ2n) is 2.00. The van der Waals surface area contributed by atoms with E-state index in [1.165, 1.54) is 0 Å². The number of hydrogen-bond donors (Lipinski definition) is 1. The van der Waals surface area contributed by atoms with Crippen LogP contribution in [-0.4, -0.2) is 23.5 Å². The van der Waals surface area contributed by atoms with Gasteiger partial charge in [0.1, 0.15) is 0 Å². The van der Waals surface area contributed by atoms with Crippen LogP contribution in [0.4, 0.5) is 0 Å². The summed E-state index contributed by atoms with van der Waals surface area (Å²) < 4.78 is 0. The normalized spacial score (nSPS) is 15.8. The van der Waals surface area contributed by atoms with Gasteiger partial charge in [-0.2, -0.15) is 0 Å². The van der Waals surface area contributed by atoms with E-state index in [1.54, 1.807) is 6.92 Å². The summed E-state index contributed by atoms with van der Waals surface area (Å²) in [5.41, 5.74) is 0.900. The predicted octanol–water partition coefficient (Wildman–Crippen LogP) is 1.24. The molecule has 9 heavy (non-hydrogen) atoms. The van der Waals surface area contributed by atoms with Gasteiger partial charge in [-0.3, -0.25) is 4.99 Å². The molecule has 0 radical (unpaired) electrons. The molecule has 54 valence electrons. The van der Waals surface area contributed by atoms with E-state index in [0.717, 1.165) is 18.7 Å². The molecule has 0 amide bonds. The zero-order valence-corrected chi connectivity index (χ0v) is 6.39. The lowest BCUT2D eigenvalue weighted by Gasteiger charge is -2.04. The van der Waals surface area contributed by atoms with E-state index in [0.29, 0.717) is 0 Å². The lowest BCUT2D eigenvalue weighted by Crippen LogP contribution is -2.15. The molecule has 0 fully saturated rings. The molecule has 0 aliphatic rings. The Labute approximate surface area is 56.6 Å². The lowest BCUT2D eigenvalue weighted by atomic mass is 10.2. The number of aliphatic hydroxyl groups is 1. The van der Waals surface area contributed by atoms with Gasteiger partial charge in [0.05, 0.1) is 6.10 Å². The third kappa shape index (κ3) is 3.25. The Morgan fingerprint density at radius 3 is 2.22 bits per heavy atom. The Bertz CT molecular complexity index is 97.1. The van der Waals surface area contributed by atoms with E-state index >= 15 is 0 Å². The minimum absolute atomic E-state index is 0.366. The largest absolute Gasteiger partial charge is 0.387 e. The van der Waals surface area contributed by atoms with E-state index in [4.69, 9.17) is 5.11 Å². The van der Waals surface area contributed by atoms with Gasteiger partial charge in [0.2, 0.25) is 0 Å². The summed E-state index contributed by atoms with van der Waals surface area (Å²) in [6.07, 6.45) is 0.487. The van der Waals surface area contributed by atoms with Crippen LogP contribution in [0.2, 0.25) is 0 Å². The summed E-state index contributed by atoms with van der Waals surface area (Å²) in [5, 5.41) is 9.01. The number of rotatable bonds is 3. The maximum Gasteiger partial charge on any atom is 0.0888 e. The molecule has 2 nitrogen and oxygen atoms in total. The highest BCUT2D eigenvalue weighted by molar-refractivity contribution is 5.87. The van der Waals surface area contributed by atoms with Gasteiger partial charge in [0.25, 0.3) is 0 Å². The van der Waals surface area contributed by atoms with Gasteiger partial charge in [-0.15, -0.1) is 0 Å². The summed E-state index contributed by atoms with van der Waals surface area (Å²) >= 11 is 0. The first kappa shape index (κ1) is 8.63. The molecule has 2 heteroatoms. The van der Waals surface area contributed by atoms with Crippen molar-refractivity contribution in [2.45, 2.75) is 33.3 Å². The fraction of sp³-hybridized carbons (Fsp3) is 0.857. The highest BCUT2D eigenvalue weighted by Gasteiger charge is 2.00. The van der Waals surface area contributed by atoms with E-state index in [9.17, 15) is 0 Å². The van der Waals surface area contributed by atoms with Crippen LogP contribution in [0.5, 0.6) is 0 Å². The Hall–Kier alpha value is -0.370. The molecule has 0 bridgehead atoms. The summed E-state index contributed by atoms with van der Waals surface area (Å²) in [7, 11) is 0. The van der Waals surface area contributed by atoms with Crippen molar-refractivity contribution in [3.8, 4) is 0 Å². The van der Waals surface area contributed by atoms with Crippen molar-refractivity contribution >= 4 is 5.71 Å². The summed E-state index contributed by atoms with van der Waals surface area (Å²) in [6.45, 7) is 6.49. The lowest BCUT2D eigenvalue weighted by molar-refractivity contribution is 0.259. The van der Waals surface area contributed by atoms with Gasteiger partial charge in [-0.05, 0) is 20.3 Å². The van der Waals surface area contributed by atoms with Gasteiger partial charge in [0, 0.05) is 12.3 Å². The summed E-state index contributed by atoms with van der Waals surface area (Å²) in [5.74, 6) is 0. The van der Waals surface area contributed by atoms with Crippen molar-refractivity contribution in [3.05, 3.63) is 0 Å². The van der Waals surface area contributed by atoms with Crippen LogP contribution in [0, 0.1) is 0 Å². The molecule has 0 spiro atoms. The van der Waals surface area contributed by atoms with Gasteiger partial charge < -0.3 is 5.11 Å². The van der Waals surface area contributed by atoms with E-state index < -0.39 is 0 Å². The Morgan fingerprint density at radius 1 is 1.56 bits per heavy atom. The minimum Gasteiger partial charge on any atom is -0.387 e. The molecule has 0 aliphatic heterocycles. The molecule has 0 rings (SSSR count). The highest BCUT2D eigenvalue weighted by Crippen LogP contribution is 1.92. The molecule has 0 saturated heterocycles. The van der Waals surface area contributed by atoms with E-state index in [1.807, 2.05) is 13.8 Å². The number of aliphatic hydroxyl groups excluding tert-OH is 1. The Morgan fingerprint density at radius 2 is 2.11 bits per heavy atom. The van der Waals surface area contributed by atoms with Gasteiger partial charge in [-0.1, -0.05) is 6.92 Å². The fourth-order valence-electron chi connectivity index (χ4n) is 0.742. The molecular formula is C7H15NO. The first-order chi connectivity index (χ1) is 4.22. The molecule has 0 aromatic rings. The van der Waals surface area contributed by atoms with Gasteiger partial charge >= 0.3 is 0 Å². The SMILES string of the molecule is CCN=C(CC)C(C)O.